The van der Waals surface area contributed by atoms with Gasteiger partial charge in [-0.05, 0) is 36.2 Å². The van der Waals surface area contributed by atoms with Crippen LogP contribution in [0.3, 0.4) is 0 Å². The van der Waals surface area contributed by atoms with Crippen LogP contribution in [0.2, 0.25) is 5.02 Å². The lowest BCUT2D eigenvalue weighted by Crippen LogP contribution is -2.10. The van der Waals surface area contributed by atoms with Crippen LogP contribution in [-0.4, -0.2) is 23.0 Å². The summed E-state index contributed by atoms with van der Waals surface area (Å²) in [5.41, 5.74) is 3.46. The second kappa shape index (κ2) is 8.19. The van der Waals surface area contributed by atoms with Crippen LogP contribution in [0.25, 0.3) is 0 Å². The monoisotopic (exact) mass is 320 g/mol. The van der Waals surface area contributed by atoms with Gasteiger partial charge in [0.1, 0.15) is 16.5 Å². The lowest BCUT2D eigenvalue weighted by molar-refractivity contribution is 0.309. The summed E-state index contributed by atoms with van der Waals surface area (Å²) >= 11 is 5.82. The second-order valence-corrected chi connectivity index (χ2v) is 4.95. The number of unbranched alkanes of at least 4 members (excludes halogenated alkanes) is 1. The van der Waals surface area contributed by atoms with E-state index in [2.05, 4.69) is 27.6 Å². The molecule has 0 fully saturated rings. The van der Waals surface area contributed by atoms with Crippen molar-refractivity contribution in [2.75, 3.05) is 12.0 Å². The molecule has 7 heteroatoms. The number of anilines is 1. The highest BCUT2D eigenvalue weighted by Crippen LogP contribution is 2.14. The number of aromatic nitrogens is 2. The van der Waals surface area contributed by atoms with Gasteiger partial charge in [0.05, 0.1) is 19.0 Å². The molecular weight excluding hydrogens is 304 g/mol. The van der Waals surface area contributed by atoms with Crippen LogP contribution < -0.4 is 15.7 Å². The molecule has 0 saturated heterocycles. The molecule has 0 aliphatic heterocycles. The number of benzene rings is 1. The summed E-state index contributed by atoms with van der Waals surface area (Å²) in [7, 11) is 0. The molecule has 2 aromatic rings. The summed E-state index contributed by atoms with van der Waals surface area (Å²) in [6.07, 6.45) is 5.16. The Hall–Kier alpha value is -2.34. The molecule has 0 atom stereocenters. The molecule has 0 aliphatic carbocycles. The van der Waals surface area contributed by atoms with Crippen LogP contribution in [-0.2, 0) is 0 Å². The van der Waals surface area contributed by atoms with E-state index >= 15 is 0 Å². The molecule has 0 saturated carbocycles. The number of hydrazone groups is 1. The fourth-order valence-electron chi connectivity index (χ4n) is 1.62. The zero-order chi connectivity index (χ0) is 15.8. The van der Waals surface area contributed by atoms with Crippen molar-refractivity contribution in [1.82, 2.24) is 10.2 Å². The predicted molar refractivity (Wildman–Crippen MR) is 87.9 cm³/mol. The Morgan fingerprint density at radius 1 is 1.41 bits per heavy atom. The highest BCUT2D eigenvalue weighted by Gasteiger charge is 2.02. The number of rotatable bonds is 7. The van der Waals surface area contributed by atoms with Gasteiger partial charge in [-0.15, -0.1) is 0 Å². The topological polar surface area (TPSA) is 79.4 Å². The van der Waals surface area contributed by atoms with Gasteiger partial charge < -0.3 is 4.74 Å². The number of halogens is 1. The molecule has 0 radical (unpaired) electrons. The fraction of sp³-hybridized carbons (Fsp3) is 0.267. The van der Waals surface area contributed by atoms with E-state index < -0.39 is 5.56 Å². The van der Waals surface area contributed by atoms with Crippen LogP contribution in [0.5, 0.6) is 5.75 Å². The lowest BCUT2D eigenvalue weighted by Gasteiger charge is -2.05. The molecule has 0 amide bonds. The SMILES string of the molecule is CCCCOc1ccc(C=NNc2cn[nH]c(=O)c2Cl)cc1. The van der Waals surface area contributed by atoms with Gasteiger partial charge in [0.25, 0.3) is 5.56 Å². The predicted octanol–water partition coefficient (Wildman–Crippen LogP) is 3.05. The van der Waals surface area contributed by atoms with E-state index in [1.165, 1.54) is 6.20 Å². The lowest BCUT2D eigenvalue weighted by atomic mass is 10.2. The van der Waals surface area contributed by atoms with Crippen LogP contribution in [0, 0.1) is 0 Å². The fourth-order valence-corrected chi connectivity index (χ4v) is 1.76. The normalized spacial score (nSPS) is 10.8. The number of hydrogen-bond acceptors (Lipinski definition) is 5. The van der Waals surface area contributed by atoms with Crippen molar-refractivity contribution in [3.8, 4) is 5.75 Å². The molecule has 2 rings (SSSR count). The molecule has 1 heterocycles. The summed E-state index contributed by atoms with van der Waals surface area (Å²) < 4.78 is 5.58. The van der Waals surface area contributed by atoms with Crippen molar-refractivity contribution in [3.05, 3.63) is 51.4 Å². The summed E-state index contributed by atoms with van der Waals surface area (Å²) in [5.74, 6) is 0.834. The zero-order valence-corrected chi connectivity index (χ0v) is 12.9. The van der Waals surface area contributed by atoms with Crippen LogP contribution >= 0.6 is 11.6 Å². The number of nitrogens with zero attached hydrogens (tertiary/aromatic N) is 2. The van der Waals surface area contributed by atoms with Gasteiger partial charge in [0, 0.05) is 0 Å². The van der Waals surface area contributed by atoms with E-state index in [0.29, 0.717) is 5.69 Å². The molecule has 0 aliphatic rings. The Kier molecular flexibility index (Phi) is 5.97. The first kappa shape index (κ1) is 16.0. The summed E-state index contributed by atoms with van der Waals surface area (Å²) in [6.45, 7) is 2.85. The van der Waals surface area contributed by atoms with E-state index in [0.717, 1.165) is 30.8 Å². The summed E-state index contributed by atoms with van der Waals surface area (Å²) in [4.78, 5) is 11.3. The summed E-state index contributed by atoms with van der Waals surface area (Å²) in [5, 5.41) is 9.92. The van der Waals surface area contributed by atoms with Crippen molar-refractivity contribution in [2.45, 2.75) is 19.8 Å². The van der Waals surface area contributed by atoms with Crippen molar-refractivity contribution in [1.29, 1.82) is 0 Å². The smallest absolute Gasteiger partial charge is 0.285 e. The minimum Gasteiger partial charge on any atom is -0.494 e. The van der Waals surface area contributed by atoms with Gasteiger partial charge >= 0.3 is 0 Å². The van der Waals surface area contributed by atoms with Gasteiger partial charge in [-0.3, -0.25) is 10.2 Å². The van der Waals surface area contributed by atoms with Gasteiger partial charge in [-0.25, -0.2) is 5.10 Å². The van der Waals surface area contributed by atoms with Crippen molar-refractivity contribution in [3.63, 3.8) is 0 Å². The Morgan fingerprint density at radius 2 is 2.18 bits per heavy atom. The summed E-state index contributed by atoms with van der Waals surface area (Å²) in [6, 6.07) is 7.56. The highest BCUT2D eigenvalue weighted by atomic mass is 35.5. The largest absolute Gasteiger partial charge is 0.494 e. The number of hydrogen-bond donors (Lipinski definition) is 2. The number of ether oxygens (including phenoxy) is 1. The van der Waals surface area contributed by atoms with Gasteiger partial charge in [0.15, 0.2) is 0 Å². The maximum atomic E-state index is 11.3. The first-order valence-electron chi connectivity index (χ1n) is 6.96. The minimum atomic E-state index is -0.463. The van der Waals surface area contributed by atoms with Gasteiger partial charge in [0.2, 0.25) is 0 Å². The first-order chi connectivity index (χ1) is 10.7. The van der Waals surface area contributed by atoms with Crippen molar-refractivity contribution in [2.24, 2.45) is 5.10 Å². The standard InChI is InChI=1S/C15H17ClN4O2/c1-2-3-8-22-12-6-4-11(5-7-12)9-17-19-13-10-18-20-15(21)14(13)16/h4-7,9-10H,2-3,8H2,1H3,(H2,19,20,21). The molecule has 116 valence electrons. The molecule has 6 nitrogen and oxygen atoms in total. The third-order valence-electron chi connectivity index (χ3n) is 2.84. The van der Waals surface area contributed by atoms with E-state index in [1.807, 2.05) is 24.3 Å². The van der Waals surface area contributed by atoms with E-state index in [-0.39, 0.29) is 5.02 Å². The van der Waals surface area contributed by atoms with Crippen molar-refractivity contribution >= 4 is 23.5 Å². The van der Waals surface area contributed by atoms with Crippen LogP contribution in [0.15, 0.2) is 40.4 Å². The van der Waals surface area contributed by atoms with Gasteiger partial charge in [-0.1, -0.05) is 24.9 Å². The maximum Gasteiger partial charge on any atom is 0.285 e. The molecule has 0 unspecified atom stereocenters. The van der Waals surface area contributed by atoms with E-state index in [9.17, 15) is 4.79 Å². The Morgan fingerprint density at radius 3 is 2.91 bits per heavy atom. The highest BCUT2D eigenvalue weighted by molar-refractivity contribution is 6.32. The molecule has 0 spiro atoms. The Labute approximate surface area is 133 Å². The molecule has 22 heavy (non-hydrogen) atoms. The average molecular weight is 321 g/mol. The molecule has 2 N–H and O–H groups in total. The van der Waals surface area contributed by atoms with Crippen LogP contribution in [0.1, 0.15) is 25.3 Å². The first-order valence-corrected chi connectivity index (χ1v) is 7.33. The van der Waals surface area contributed by atoms with E-state index in [1.54, 1.807) is 6.21 Å². The second-order valence-electron chi connectivity index (χ2n) is 4.57. The Bertz CT molecular complexity index is 683. The van der Waals surface area contributed by atoms with Crippen LogP contribution in [0.4, 0.5) is 5.69 Å². The van der Waals surface area contributed by atoms with E-state index in [4.69, 9.17) is 16.3 Å². The molecular formula is C15H17ClN4O2. The number of H-pyrrole nitrogens is 1. The van der Waals surface area contributed by atoms with Gasteiger partial charge in [-0.2, -0.15) is 10.2 Å². The quantitative estimate of drug-likeness (QED) is 0.467. The third kappa shape index (κ3) is 4.60. The number of aromatic amines is 1. The molecule has 1 aromatic heterocycles. The average Bonchev–Trinajstić information content (AvgIpc) is 2.53. The zero-order valence-electron chi connectivity index (χ0n) is 12.2. The Balaban J connectivity index is 1.93. The molecule has 1 aromatic carbocycles. The molecule has 0 bridgehead atoms. The third-order valence-corrected chi connectivity index (χ3v) is 3.22. The van der Waals surface area contributed by atoms with Crippen molar-refractivity contribution < 1.29 is 4.74 Å². The maximum absolute atomic E-state index is 11.3. The minimum absolute atomic E-state index is 0.0202. The number of nitrogens with one attached hydrogen (secondary N) is 2.